The highest BCUT2D eigenvalue weighted by Crippen LogP contribution is 2.25. The van der Waals surface area contributed by atoms with Gasteiger partial charge in [0.2, 0.25) is 0 Å². The van der Waals surface area contributed by atoms with Gasteiger partial charge in [0.05, 0.1) is 17.3 Å². The van der Waals surface area contributed by atoms with E-state index in [-0.39, 0.29) is 11.0 Å². The van der Waals surface area contributed by atoms with Crippen LogP contribution in [0.25, 0.3) is 0 Å². The second-order valence-corrected chi connectivity index (χ2v) is 7.57. The van der Waals surface area contributed by atoms with Gasteiger partial charge < -0.3 is 10.1 Å². The van der Waals surface area contributed by atoms with Crippen LogP contribution in [-0.2, 0) is 0 Å². The van der Waals surface area contributed by atoms with Crippen LogP contribution in [-0.4, -0.2) is 17.6 Å². The number of carbonyl (C=O) groups excluding carboxylic acids is 1. The Hall–Kier alpha value is -1.82. The molecule has 0 saturated heterocycles. The maximum absolute atomic E-state index is 12.3. The summed E-state index contributed by atoms with van der Waals surface area (Å²) in [5.74, 6) is 0.431. The summed E-state index contributed by atoms with van der Waals surface area (Å²) < 4.78 is 5.71. The lowest BCUT2D eigenvalue weighted by atomic mass is 10.2. The molecule has 0 saturated carbocycles. The van der Waals surface area contributed by atoms with Crippen molar-refractivity contribution in [3.8, 4) is 5.75 Å². The van der Waals surface area contributed by atoms with E-state index in [0.29, 0.717) is 27.9 Å². The number of amides is 1. The van der Waals surface area contributed by atoms with Gasteiger partial charge in [-0.05, 0) is 61.1 Å². The average molecular weight is 439 g/mol. The molecule has 4 nitrogen and oxygen atoms in total. The first-order chi connectivity index (χ1) is 13.5. The summed E-state index contributed by atoms with van der Waals surface area (Å²) in [5.41, 5.74) is 1.01. The summed E-state index contributed by atoms with van der Waals surface area (Å²) in [6.45, 7) is 2.88. The minimum atomic E-state index is -0.318. The highest BCUT2D eigenvalue weighted by Gasteiger charge is 2.10. The number of halogens is 2. The number of ether oxygens (including phenoxy) is 1. The number of hydrogen-bond donors (Lipinski definition) is 2. The van der Waals surface area contributed by atoms with E-state index in [1.54, 1.807) is 42.5 Å². The summed E-state index contributed by atoms with van der Waals surface area (Å²) >= 11 is 17.2. The lowest BCUT2D eigenvalue weighted by Crippen LogP contribution is -2.34. The van der Waals surface area contributed by atoms with Gasteiger partial charge in [0.25, 0.3) is 5.91 Å². The molecule has 150 valence electrons. The van der Waals surface area contributed by atoms with Gasteiger partial charge in [-0.25, -0.2) is 0 Å². The first kappa shape index (κ1) is 22.5. The standard InChI is InChI=1S/C21H24Cl2N2O2S/c1-2-3-4-5-6-13-27-17-10-7-15(8-11-17)20(26)25-21(28)24-19-14-16(22)9-12-18(19)23/h7-12,14H,2-6,13H2,1H3,(H2,24,25,26,28). The Labute approximate surface area is 181 Å². The van der Waals surface area contributed by atoms with Crippen LogP contribution in [0.2, 0.25) is 10.0 Å². The zero-order chi connectivity index (χ0) is 20.4. The molecule has 0 heterocycles. The average Bonchev–Trinajstić information content (AvgIpc) is 2.68. The highest BCUT2D eigenvalue weighted by atomic mass is 35.5. The van der Waals surface area contributed by atoms with E-state index in [1.165, 1.54) is 25.7 Å². The molecular formula is C21H24Cl2N2O2S. The topological polar surface area (TPSA) is 50.4 Å². The van der Waals surface area contributed by atoms with Gasteiger partial charge >= 0.3 is 0 Å². The van der Waals surface area contributed by atoms with Crippen molar-refractivity contribution < 1.29 is 9.53 Å². The van der Waals surface area contributed by atoms with Gasteiger partial charge in [-0.2, -0.15) is 0 Å². The first-order valence-corrected chi connectivity index (χ1v) is 10.5. The highest BCUT2D eigenvalue weighted by molar-refractivity contribution is 7.80. The summed E-state index contributed by atoms with van der Waals surface area (Å²) in [6, 6.07) is 11.9. The Bertz CT molecular complexity index is 797. The molecule has 28 heavy (non-hydrogen) atoms. The van der Waals surface area contributed by atoms with Gasteiger partial charge in [-0.1, -0.05) is 55.8 Å². The molecule has 0 bridgehead atoms. The molecule has 0 aliphatic heterocycles. The molecule has 0 aliphatic rings. The van der Waals surface area contributed by atoms with Crippen LogP contribution in [0.15, 0.2) is 42.5 Å². The predicted molar refractivity (Wildman–Crippen MR) is 121 cm³/mol. The molecule has 2 rings (SSSR count). The summed E-state index contributed by atoms with van der Waals surface area (Å²) in [6.07, 6.45) is 5.95. The second-order valence-electron chi connectivity index (χ2n) is 6.32. The summed E-state index contributed by atoms with van der Waals surface area (Å²) in [5, 5.41) is 6.60. The number of benzene rings is 2. The number of nitrogens with one attached hydrogen (secondary N) is 2. The van der Waals surface area contributed by atoms with Gasteiger partial charge in [-0.3, -0.25) is 10.1 Å². The van der Waals surface area contributed by atoms with Crippen molar-refractivity contribution in [2.24, 2.45) is 0 Å². The van der Waals surface area contributed by atoms with Crippen molar-refractivity contribution in [2.45, 2.75) is 39.0 Å². The molecule has 2 aromatic rings. The second kappa shape index (κ2) is 11.9. The molecule has 0 unspecified atom stereocenters. The van der Waals surface area contributed by atoms with E-state index in [9.17, 15) is 4.79 Å². The molecule has 2 aromatic carbocycles. The maximum atomic E-state index is 12.3. The van der Waals surface area contributed by atoms with E-state index in [1.807, 2.05) is 0 Å². The van der Waals surface area contributed by atoms with E-state index in [4.69, 9.17) is 40.2 Å². The Balaban J connectivity index is 1.80. The van der Waals surface area contributed by atoms with Crippen LogP contribution in [0.5, 0.6) is 5.75 Å². The van der Waals surface area contributed by atoms with E-state index in [0.717, 1.165) is 12.2 Å². The Morgan fingerprint density at radius 3 is 2.46 bits per heavy atom. The van der Waals surface area contributed by atoms with Gasteiger partial charge in [0, 0.05) is 10.6 Å². The molecule has 0 atom stereocenters. The molecule has 1 amide bonds. The fourth-order valence-electron chi connectivity index (χ4n) is 2.52. The Morgan fingerprint density at radius 2 is 1.75 bits per heavy atom. The zero-order valence-corrected chi connectivity index (χ0v) is 18.1. The third kappa shape index (κ3) is 7.66. The Kier molecular flexibility index (Phi) is 9.55. The monoisotopic (exact) mass is 438 g/mol. The Morgan fingerprint density at radius 1 is 1.04 bits per heavy atom. The molecule has 7 heteroatoms. The number of unbranched alkanes of at least 4 members (excludes halogenated alkanes) is 4. The van der Waals surface area contributed by atoms with Crippen LogP contribution >= 0.6 is 35.4 Å². The van der Waals surface area contributed by atoms with E-state index < -0.39 is 0 Å². The minimum absolute atomic E-state index is 0.140. The van der Waals surface area contributed by atoms with Gasteiger partial charge in [0.1, 0.15) is 5.75 Å². The lowest BCUT2D eigenvalue weighted by molar-refractivity contribution is 0.0977. The molecule has 0 aromatic heterocycles. The SMILES string of the molecule is CCCCCCCOc1ccc(C(=O)NC(=S)Nc2cc(Cl)ccc2Cl)cc1. The number of carbonyl (C=O) groups is 1. The number of anilines is 1. The van der Waals surface area contributed by atoms with Crippen molar-refractivity contribution in [1.29, 1.82) is 0 Å². The third-order valence-corrected chi connectivity index (χ3v) is 4.81. The van der Waals surface area contributed by atoms with Crippen molar-refractivity contribution in [3.63, 3.8) is 0 Å². The summed E-state index contributed by atoms with van der Waals surface area (Å²) in [4.78, 5) is 12.3. The third-order valence-electron chi connectivity index (χ3n) is 4.04. The first-order valence-electron chi connectivity index (χ1n) is 9.30. The minimum Gasteiger partial charge on any atom is -0.494 e. The van der Waals surface area contributed by atoms with E-state index >= 15 is 0 Å². The van der Waals surface area contributed by atoms with Crippen molar-refractivity contribution in [2.75, 3.05) is 11.9 Å². The number of thiocarbonyl (C=S) groups is 1. The van der Waals surface area contributed by atoms with Crippen LogP contribution in [0, 0.1) is 0 Å². The fraction of sp³-hybridized carbons (Fsp3) is 0.333. The molecule has 2 N–H and O–H groups in total. The predicted octanol–water partition coefficient (Wildman–Crippen LogP) is 6.47. The molecular weight excluding hydrogens is 415 g/mol. The lowest BCUT2D eigenvalue weighted by Gasteiger charge is -2.11. The van der Waals surface area contributed by atoms with Crippen molar-refractivity contribution in [1.82, 2.24) is 5.32 Å². The quantitative estimate of drug-likeness (QED) is 0.347. The normalized spacial score (nSPS) is 10.4. The summed E-state index contributed by atoms with van der Waals surface area (Å²) in [7, 11) is 0. The van der Waals surface area contributed by atoms with E-state index in [2.05, 4.69) is 17.6 Å². The molecule has 0 radical (unpaired) electrons. The molecule has 0 aliphatic carbocycles. The van der Waals surface area contributed by atoms with Crippen molar-refractivity contribution >= 4 is 52.1 Å². The smallest absolute Gasteiger partial charge is 0.257 e. The van der Waals surface area contributed by atoms with Crippen LogP contribution in [0.4, 0.5) is 5.69 Å². The molecule has 0 spiro atoms. The molecule has 0 fully saturated rings. The van der Waals surface area contributed by atoms with Crippen LogP contribution in [0.1, 0.15) is 49.4 Å². The largest absolute Gasteiger partial charge is 0.494 e. The van der Waals surface area contributed by atoms with Gasteiger partial charge in [-0.15, -0.1) is 0 Å². The maximum Gasteiger partial charge on any atom is 0.257 e. The van der Waals surface area contributed by atoms with Crippen molar-refractivity contribution in [3.05, 3.63) is 58.1 Å². The number of rotatable bonds is 9. The van der Waals surface area contributed by atoms with Crippen LogP contribution in [0.3, 0.4) is 0 Å². The van der Waals surface area contributed by atoms with Crippen LogP contribution < -0.4 is 15.4 Å². The zero-order valence-electron chi connectivity index (χ0n) is 15.8. The fourth-order valence-corrected chi connectivity index (χ4v) is 3.06. The van der Waals surface area contributed by atoms with Gasteiger partial charge in [0.15, 0.2) is 5.11 Å². The number of hydrogen-bond acceptors (Lipinski definition) is 3.